The molecule has 96 valence electrons. The fourth-order valence-electron chi connectivity index (χ4n) is 2.17. The van der Waals surface area contributed by atoms with Crippen molar-refractivity contribution >= 4 is 11.9 Å². The molecule has 4 nitrogen and oxygen atoms in total. The van der Waals surface area contributed by atoms with Crippen molar-refractivity contribution in [3.05, 3.63) is 12.2 Å². The van der Waals surface area contributed by atoms with E-state index >= 15 is 0 Å². The second-order valence-corrected chi connectivity index (χ2v) is 5.57. The van der Waals surface area contributed by atoms with Crippen LogP contribution in [0.4, 0.5) is 0 Å². The Morgan fingerprint density at radius 3 is 2.35 bits per heavy atom. The van der Waals surface area contributed by atoms with E-state index in [0.717, 1.165) is 5.57 Å². The average Bonchev–Trinajstić information content (AvgIpc) is 2.54. The predicted molar refractivity (Wildman–Crippen MR) is 65.3 cm³/mol. The van der Waals surface area contributed by atoms with E-state index in [2.05, 4.69) is 6.58 Å². The molecule has 1 fully saturated rings. The first-order valence-electron chi connectivity index (χ1n) is 5.75. The van der Waals surface area contributed by atoms with Gasteiger partial charge in [-0.3, -0.25) is 9.59 Å². The maximum Gasteiger partial charge on any atom is 0.318 e. The van der Waals surface area contributed by atoms with Gasteiger partial charge in [-0.15, -0.1) is 0 Å². The summed E-state index contributed by atoms with van der Waals surface area (Å²) in [6, 6.07) is 0. The van der Waals surface area contributed by atoms with Crippen LogP contribution in [-0.2, 0) is 14.3 Å². The first-order chi connectivity index (χ1) is 7.70. The molecule has 1 aliphatic rings. The van der Waals surface area contributed by atoms with E-state index in [4.69, 9.17) is 4.74 Å². The summed E-state index contributed by atoms with van der Waals surface area (Å²) < 4.78 is 4.72. The van der Waals surface area contributed by atoms with Crippen LogP contribution in [0.3, 0.4) is 0 Å². The fourth-order valence-corrected chi connectivity index (χ4v) is 2.17. The minimum atomic E-state index is -0.725. The SMILES string of the molecule is C=C(C)[C@@H]1CN(C(C)(C)C)C(=O)[C@H]1C(=O)OC. The van der Waals surface area contributed by atoms with Crippen molar-refractivity contribution < 1.29 is 14.3 Å². The largest absolute Gasteiger partial charge is 0.468 e. The molecule has 2 atom stereocenters. The van der Waals surface area contributed by atoms with E-state index in [0.29, 0.717) is 6.54 Å². The molecule has 17 heavy (non-hydrogen) atoms. The number of methoxy groups -OCH3 is 1. The maximum atomic E-state index is 12.3. The number of hydrogen-bond donors (Lipinski definition) is 0. The molecule has 0 N–H and O–H groups in total. The van der Waals surface area contributed by atoms with Crippen LogP contribution in [0.1, 0.15) is 27.7 Å². The van der Waals surface area contributed by atoms with Crippen LogP contribution in [0.5, 0.6) is 0 Å². The number of rotatable bonds is 2. The Labute approximate surface area is 103 Å². The molecule has 0 aromatic carbocycles. The molecule has 1 amide bonds. The van der Waals surface area contributed by atoms with E-state index in [1.54, 1.807) is 4.90 Å². The smallest absolute Gasteiger partial charge is 0.318 e. The second kappa shape index (κ2) is 4.51. The minimum Gasteiger partial charge on any atom is -0.468 e. The topological polar surface area (TPSA) is 46.6 Å². The monoisotopic (exact) mass is 239 g/mol. The standard InChI is InChI=1S/C13H21NO3/c1-8(2)9-7-14(13(3,4)5)11(15)10(9)12(16)17-6/h9-10H,1,7H2,2-6H3/t9-,10-/m0/s1. The van der Waals surface area contributed by atoms with Crippen LogP contribution in [0, 0.1) is 11.8 Å². The lowest BCUT2D eigenvalue weighted by atomic mass is 9.90. The van der Waals surface area contributed by atoms with Crippen LogP contribution in [0.15, 0.2) is 12.2 Å². The quantitative estimate of drug-likeness (QED) is 0.418. The molecule has 1 rings (SSSR count). The Hall–Kier alpha value is -1.32. The molecule has 0 aromatic rings. The summed E-state index contributed by atoms with van der Waals surface area (Å²) in [6.45, 7) is 12.1. The molecule has 0 spiro atoms. The van der Waals surface area contributed by atoms with Crippen molar-refractivity contribution in [2.45, 2.75) is 33.2 Å². The Bertz CT molecular complexity index is 354. The van der Waals surface area contributed by atoms with Gasteiger partial charge in [0, 0.05) is 18.0 Å². The third-order valence-corrected chi connectivity index (χ3v) is 3.21. The predicted octanol–water partition coefficient (Wildman–Crippen LogP) is 1.61. The van der Waals surface area contributed by atoms with Crippen molar-refractivity contribution in [1.29, 1.82) is 0 Å². The number of carbonyl (C=O) groups excluding carboxylic acids is 2. The zero-order valence-electron chi connectivity index (χ0n) is 11.2. The van der Waals surface area contributed by atoms with Gasteiger partial charge in [0.05, 0.1) is 7.11 Å². The van der Waals surface area contributed by atoms with Crippen molar-refractivity contribution in [1.82, 2.24) is 4.90 Å². The average molecular weight is 239 g/mol. The fraction of sp³-hybridized carbons (Fsp3) is 0.692. The summed E-state index contributed by atoms with van der Waals surface area (Å²) in [5, 5.41) is 0. The minimum absolute atomic E-state index is 0.144. The Morgan fingerprint density at radius 2 is 2.00 bits per heavy atom. The van der Waals surface area contributed by atoms with Crippen molar-refractivity contribution in [2.24, 2.45) is 11.8 Å². The lowest BCUT2D eigenvalue weighted by molar-refractivity contribution is -0.152. The van der Waals surface area contributed by atoms with Gasteiger partial charge in [-0.05, 0) is 27.7 Å². The highest BCUT2D eigenvalue weighted by Gasteiger charge is 2.48. The third kappa shape index (κ3) is 2.51. The van der Waals surface area contributed by atoms with Crippen LogP contribution < -0.4 is 0 Å². The normalized spacial score (nSPS) is 25.0. The molecule has 0 bridgehead atoms. The van der Waals surface area contributed by atoms with Crippen molar-refractivity contribution in [3.8, 4) is 0 Å². The third-order valence-electron chi connectivity index (χ3n) is 3.21. The van der Waals surface area contributed by atoms with Crippen molar-refractivity contribution in [3.63, 3.8) is 0 Å². The van der Waals surface area contributed by atoms with Crippen LogP contribution in [0.25, 0.3) is 0 Å². The van der Waals surface area contributed by atoms with E-state index in [9.17, 15) is 9.59 Å². The van der Waals surface area contributed by atoms with Crippen molar-refractivity contribution in [2.75, 3.05) is 13.7 Å². The molecule has 0 aromatic heterocycles. The molecule has 0 radical (unpaired) electrons. The second-order valence-electron chi connectivity index (χ2n) is 5.57. The highest BCUT2D eigenvalue weighted by Crippen LogP contribution is 2.34. The van der Waals surface area contributed by atoms with E-state index in [-0.39, 0.29) is 17.4 Å². The first kappa shape index (κ1) is 13.7. The molecule has 0 aliphatic carbocycles. The number of carbonyl (C=O) groups is 2. The number of amides is 1. The van der Waals surface area contributed by atoms with Crippen LogP contribution in [0.2, 0.25) is 0 Å². The van der Waals surface area contributed by atoms with Gasteiger partial charge in [0.2, 0.25) is 5.91 Å². The molecule has 1 saturated heterocycles. The van der Waals surface area contributed by atoms with Gasteiger partial charge in [-0.1, -0.05) is 12.2 Å². The molecule has 1 heterocycles. The summed E-state index contributed by atoms with van der Waals surface area (Å²) in [6.07, 6.45) is 0. The highest BCUT2D eigenvalue weighted by atomic mass is 16.5. The number of esters is 1. The molecular weight excluding hydrogens is 218 g/mol. The van der Waals surface area contributed by atoms with Gasteiger partial charge in [-0.25, -0.2) is 0 Å². The molecule has 1 aliphatic heterocycles. The summed E-state index contributed by atoms with van der Waals surface area (Å²) in [7, 11) is 1.31. The number of likely N-dealkylation sites (tertiary alicyclic amines) is 1. The summed E-state index contributed by atoms with van der Waals surface area (Å²) in [5.74, 6) is -1.49. The van der Waals surface area contributed by atoms with Crippen LogP contribution >= 0.6 is 0 Å². The molecule has 4 heteroatoms. The summed E-state index contributed by atoms with van der Waals surface area (Å²) in [4.78, 5) is 25.7. The highest BCUT2D eigenvalue weighted by molar-refractivity contribution is 6.00. The zero-order chi connectivity index (χ0) is 13.4. The molecular formula is C13H21NO3. The van der Waals surface area contributed by atoms with E-state index < -0.39 is 11.9 Å². The number of hydrogen-bond acceptors (Lipinski definition) is 3. The van der Waals surface area contributed by atoms with Gasteiger partial charge in [0.15, 0.2) is 0 Å². The van der Waals surface area contributed by atoms with Gasteiger partial charge in [0.25, 0.3) is 0 Å². The zero-order valence-corrected chi connectivity index (χ0v) is 11.2. The molecule has 0 unspecified atom stereocenters. The van der Waals surface area contributed by atoms with Crippen LogP contribution in [-0.4, -0.2) is 36.0 Å². The maximum absolute atomic E-state index is 12.3. The van der Waals surface area contributed by atoms with Gasteiger partial charge in [0.1, 0.15) is 5.92 Å². The summed E-state index contributed by atoms with van der Waals surface area (Å²) >= 11 is 0. The lowest BCUT2D eigenvalue weighted by Gasteiger charge is -2.32. The Balaban J connectivity index is 3.06. The number of ether oxygens (including phenoxy) is 1. The van der Waals surface area contributed by atoms with Gasteiger partial charge < -0.3 is 9.64 Å². The van der Waals surface area contributed by atoms with Gasteiger partial charge >= 0.3 is 5.97 Å². The Kier molecular flexibility index (Phi) is 3.65. The number of nitrogens with zero attached hydrogens (tertiary/aromatic N) is 1. The van der Waals surface area contributed by atoms with Gasteiger partial charge in [-0.2, -0.15) is 0 Å². The molecule has 0 saturated carbocycles. The van der Waals surface area contributed by atoms with E-state index in [1.165, 1.54) is 7.11 Å². The van der Waals surface area contributed by atoms with E-state index in [1.807, 2.05) is 27.7 Å². The lowest BCUT2D eigenvalue weighted by Crippen LogP contribution is -2.44. The Morgan fingerprint density at radius 1 is 1.47 bits per heavy atom. The first-order valence-corrected chi connectivity index (χ1v) is 5.75. The summed E-state index contributed by atoms with van der Waals surface area (Å²) in [5.41, 5.74) is 0.564.